The summed E-state index contributed by atoms with van der Waals surface area (Å²) in [5, 5.41) is 8.82. The molecular weight excluding hydrogens is 224 g/mol. The molecule has 0 aromatic heterocycles. The van der Waals surface area contributed by atoms with Crippen LogP contribution in [-0.4, -0.2) is 44.1 Å². The van der Waals surface area contributed by atoms with Crippen molar-refractivity contribution in [2.75, 3.05) is 18.6 Å². The van der Waals surface area contributed by atoms with Crippen molar-refractivity contribution in [2.45, 2.75) is 6.42 Å². The van der Waals surface area contributed by atoms with Crippen molar-refractivity contribution in [3.63, 3.8) is 0 Å². The molecule has 1 aliphatic heterocycles. The van der Waals surface area contributed by atoms with Gasteiger partial charge in [0.1, 0.15) is 0 Å². The van der Waals surface area contributed by atoms with Crippen molar-refractivity contribution in [2.24, 2.45) is 11.8 Å². The summed E-state index contributed by atoms with van der Waals surface area (Å²) in [6.07, 6.45) is -0.0303. The molecule has 15 heavy (non-hydrogen) atoms. The fraction of sp³-hybridized carbons (Fsp3) is 0.750. The predicted octanol–water partition coefficient (Wildman–Crippen LogP) is -0.705. The number of hydrogen-bond donors (Lipinski definition) is 1. The number of esters is 1. The summed E-state index contributed by atoms with van der Waals surface area (Å²) in [5.41, 5.74) is 0. The van der Waals surface area contributed by atoms with Gasteiger partial charge in [-0.15, -0.1) is 0 Å². The Bertz CT molecular complexity index is 371. The van der Waals surface area contributed by atoms with Crippen molar-refractivity contribution in [3.05, 3.63) is 0 Å². The zero-order chi connectivity index (χ0) is 11.6. The van der Waals surface area contributed by atoms with Gasteiger partial charge in [0.2, 0.25) is 0 Å². The van der Waals surface area contributed by atoms with Crippen molar-refractivity contribution in [1.82, 2.24) is 0 Å². The van der Waals surface area contributed by atoms with Gasteiger partial charge in [-0.2, -0.15) is 0 Å². The Labute approximate surface area is 87.1 Å². The largest absolute Gasteiger partial charge is 0.481 e. The van der Waals surface area contributed by atoms with Crippen LogP contribution in [0.15, 0.2) is 0 Å². The summed E-state index contributed by atoms with van der Waals surface area (Å²) in [6.45, 7) is 0. The number of ether oxygens (including phenoxy) is 1. The minimum Gasteiger partial charge on any atom is -0.481 e. The molecule has 0 spiro atoms. The van der Waals surface area contributed by atoms with E-state index in [1.807, 2.05) is 0 Å². The van der Waals surface area contributed by atoms with Gasteiger partial charge in [-0.1, -0.05) is 0 Å². The van der Waals surface area contributed by atoms with Crippen LogP contribution < -0.4 is 0 Å². The molecular formula is C8H12O6S. The van der Waals surface area contributed by atoms with Crippen LogP contribution in [-0.2, 0) is 24.2 Å². The van der Waals surface area contributed by atoms with Gasteiger partial charge in [0.15, 0.2) is 9.84 Å². The standard InChI is InChI=1S/C8H12O6S/c1-14-8(11)6-4-15(12,13)3-2-5(6)7(9)10/h5-6H,2-4H2,1H3,(H,9,10)/t5-,6+/m1/s1. The SMILES string of the molecule is COC(=O)[C@H]1CS(=O)(=O)CC[C@H]1C(=O)O. The maximum Gasteiger partial charge on any atom is 0.310 e. The molecule has 0 aromatic carbocycles. The van der Waals surface area contributed by atoms with Gasteiger partial charge in [-0.3, -0.25) is 9.59 Å². The van der Waals surface area contributed by atoms with Crippen LogP contribution in [0.1, 0.15) is 6.42 Å². The van der Waals surface area contributed by atoms with Crippen molar-refractivity contribution >= 4 is 21.8 Å². The van der Waals surface area contributed by atoms with E-state index in [9.17, 15) is 18.0 Å². The number of carbonyl (C=O) groups excluding carboxylic acids is 1. The highest BCUT2D eigenvalue weighted by atomic mass is 32.2. The Hall–Kier alpha value is -1.11. The lowest BCUT2D eigenvalue weighted by Gasteiger charge is -2.26. The van der Waals surface area contributed by atoms with Crippen LogP contribution in [0.5, 0.6) is 0 Å². The second-order valence-corrected chi connectivity index (χ2v) is 5.71. The number of rotatable bonds is 2. The average molecular weight is 236 g/mol. The Kier molecular flexibility index (Phi) is 3.33. The second-order valence-electron chi connectivity index (χ2n) is 3.48. The van der Waals surface area contributed by atoms with Gasteiger partial charge >= 0.3 is 11.9 Å². The van der Waals surface area contributed by atoms with E-state index in [0.717, 1.165) is 7.11 Å². The molecule has 86 valence electrons. The number of methoxy groups -OCH3 is 1. The number of carboxylic acids is 1. The summed E-state index contributed by atoms with van der Waals surface area (Å²) < 4.78 is 26.9. The molecule has 0 aromatic rings. The van der Waals surface area contributed by atoms with E-state index in [-0.39, 0.29) is 12.2 Å². The minimum atomic E-state index is -3.32. The normalized spacial score (nSPS) is 29.4. The zero-order valence-corrected chi connectivity index (χ0v) is 8.99. The molecule has 6 nitrogen and oxygen atoms in total. The summed E-state index contributed by atoms with van der Waals surface area (Å²) in [7, 11) is -2.20. The molecule has 7 heteroatoms. The monoisotopic (exact) mass is 236 g/mol. The number of carbonyl (C=O) groups is 2. The summed E-state index contributed by atoms with van der Waals surface area (Å²) in [6, 6.07) is 0. The van der Waals surface area contributed by atoms with E-state index in [0.29, 0.717) is 0 Å². The van der Waals surface area contributed by atoms with Crippen molar-refractivity contribution in [3.8, 4) is 0 Å². The van der Waals surface area contributed by atoms with Crippen LogP contribution in [0.25, 0.3) is 0 Å². The zero-order valence-electron chi connectivity index (χ0n) is 8.17. The number of aliphatic carboxylic acids is 1. The first kappa shape index (κ1) is 12.0. The van der Waals surface area contributed by atoms with Crippen molar-refractivity contribution < 1.29 is 27.9 Å². The highest BCUT2D eigenvalue weighted by molar-refractivity contribution is 7.91. The lowest BCUT2D eigenvalue weighted by atomic mass is 9.91. The first-order valence-corrected chi connectivity index (χ1v) is 6.20. The predicted molar refractivity (Wildman–Crippen MR) is 49.9 cm³/mol. The van der Waals surface area contributed by atoms with Crippen molar-refractivity contribution in [1.29, 1.82) is 0 Å². The first-order chi connectivity index (χ1) is 6.87. The van der Waals surface area contributed by atoms with Crippen LogP contribution >= 0.6 is 0 Å². The molecule has 2 atom stereocenters. The van der Waals surface area contributed by atoms with E-state index in [4.69, 9.17) is 5.11 Å². The van der Waals surface area contributed by atoms with Crippen LogP contribution in [0.3, 0.4) is 0 Å². The Morgan fingerprint density at radius 2 is 1.93 bits per heavy atom. The quantitative estimate of drug-likeness (QED) is 0.636. The lowest BCUT2D eigenvalue weighted by molar-refractivity contribution is -0.155. The molecule has 0 bridgehead atoms. The molecule has 0 amide bonds. The van der Waals surface area contributed by atoms with Crippen LogP contribution in [0, 0.1) is 11.8 Å². The summed E-state index contributed by atoms with van der Waals surface area (Å²) >= 11 is 0. The number of hydrogen-bond acceptors (Lipinski definition) is 5. The first-order valence-electron chi connectivity index (χ1n) is 4.38. The molecule has 1 N–H and O–H groups in total. The van der Waals surface area contributed by atoms with E-state index in [1.165, 1.54) is 0 Å². The summed E-state index contributed by atoms with van der Waals surface area (Å²) in [5.74, 6) is -4.58. The molecule has 0 radical (unpaired) electrons. The van der Waals surface area contributed by atoms with Gasteiger partial charge < -0.3 is 9.84 Å². The maximum absolute atomic E-state index is 11.2. The van der Waals surface area contributed by atoms with Gasteiger partial charge in [-0.05, 0) is 6.42 Å². The van der Waals surface area contributed by atoms with Gasteiger partial charge in [0, 0.05) is 0 Å². The molecule has 1 saturated heterocycles. The smallest absolute Gasteiger partial charge is 0.310 e. The fourth-order valence-electron chi connectivity index (χ4n) is 1.66. The third-order valence-corrected chi connectivity index (χ3v) is 4.20. The summed E-state index contributed by atoms with van der Waals surface area (Å²) in [4.78, 5) is 22.0. The molecule has 0 aliphatic carbocycles. The second kappa shape index (κ2) is 4.18. The van der Waals surface area contributed by atoms with E-state index in [2.05, 4.69) is 4.74 Å². The maximum atomic E-state index is 11.2. The third kappa shape index (κ3) is 2.68. The molecule has 1 heterocycles. The highest BCUT2D eigenvalue weighted by Crippen LogP contribution is 2.26. The Balaban J connectivity index is 2.92. The molecule has 1 rings (SSSR count). The molecule has 0 unspecified atom stereocenters. The van der Waals surface area contributed by atoms with E-state index >= 15 is 0 Å². The highest BCUT2D eigenvalue weighted by Gasteiger charge is 2.42. The van der Waals surface area contributed by atoms with Crippen LogP contribution in [0.4, 0.5) is 0 Å². The van der Waals surface area contributed by atoms with E-state index in [1.54, 1.807) is 0 Å². The Morgan fingerprint density at radius 1 is 1.33 bits per heavy atom. The van der Waals surface area contributed by atoms with Gasteiger partial charge in [0.05, 0.1) is 30.5 Å². The minimum absolute atomic E-state index is 0.0303. The topological polar surface area (TPSA) is 97.7 Å². The molecule has 0 saturated carbocycles. The van der Waals surface area contributed by atoms with Crippen LogP contribution in [0.2, 0.25) is 0 Å². The number of carboxylic acid groups (broad SMARTS) is 1. The Morgan fingerprint density at radius 3 is 2.40 bits per heavy atom. The number of sulfone groups is 1. The molecule has 1 aliphatic rings. The van der Waals surface area contributed by atoms with Gasteiger partial charge in [-0.25, -0.2) is 8.42 Å². The average Bonchev–Trinajstić information content (AvgIpc) is 2.14. The van der Waals surface area contributed by atoms with E-state index < -0.39 is 39.4 Å². The lowest BCUT2D eigenvalue weighted by Crippen LogP contribution is -2.41. The van der Waals surface area contributed by atoms with Gasteiger partial charge in [0.25, 0.3) is 0 Å². The fourth-order valence-corrected chi connectivity index (χ4v) is 3.36. The molecule has 1 fully saturated rings. The third-order valence-electron chi connectivity index (χ3n) is 2.48.